The lowest BCUT2D eigenvalue weighted by Crippen LogP contribution is -2.15. The summed E-state index contributed by atoms with van der Waals surface area (Å²) >= 11 is 5.86. The molecule has 3 N–H and O–H groups in total. The summed E-state index contributed by atoms with van der Waals surface area (Å²) in [5, 5.41) is 9.26. The van der Waals surface area contributed by atoms with E-state index in [1.165, 1.54) is 30.3 Å². The van der Waals surface area contributed by atoms with Crippen molar-refractivity contribution in [3.63, 3.8) is 0 Å². The number of nitrogens with one attached hydrogen (secondary N) is 2. The number of sulfonamides is 2. The number of anilines is 2. The minimum absolute atomic E-state index is 0.0197. The molecule has 0 aliphatic rings. The van der Waals surface area contributed by atoms with Crippen molar-refractivity contribution in [1.29, 1.82) is 0 Å². The van der Waals surface area contributed by atoms with Gasteiger partial charge in [-0.1, -0.05) is 23.7 Å². The Morgan fingerprint density at radius 3 is 1.83 bits per heavy atom. The molecule has 3 aromatic carbocycles. The average molecular weight is 467 g/mol. The van der Waals surface area contributed by atoms with Gasteiger partial charge in [0.2, 0.25) is 0 Å². The molecule has 0 bridgehead atoms. The molecule has 0 fully saturated rings. The number of hydrogen-bond donors (Lipinski definition) is 3. The zero-order valence-electron chi connectivity index (χ0n) is 15.1. The van der Waals surface area contributed by atoms with Crippen molar-refractivity contribution < 1.29 is 26.7 Å². The summed E-state index contributed by atoms with van der Waals surface area (Å²) in [5.41, 5.74) is 0.215. The molecule has 0 saturated carbocycles. The topological polar surface area (TPSA) is 130 Å². The molecule has 3 aromatic rings. The SMILES string of the molecule is O=C(O)c1ccc(S(=O)(=O)Nc2cccc(S(=O)(=O)Nc3cccc(Cl)c3)c2)cc1. The van der Waals surface area contributed by atoms with Crippen LogP contribution in [0, 0.1) is 0 Å². The van der Waals surface area contributed by atoms with Gasteiger partial charge in [0.05, 0.1) is 26.7 Å². The van der Waals surface area contributed by atoms with Gasteiger partial charge in [-0.05, 0) is 60.7 Å². The van der Waals surface area contributed by atoms with E-state index in [1.807, 2.05) is 0 Å². The fraction of sp³-hybridized carbons (Fsp3) is 0. The van der Waals surface area contributed by atoms with E-state index < -0.39 is 26.0 Å². The molecular formula is C19H15ClN2O6S2. The van der Waals surface area contributed by atoms with Crippen LogP contribution in [0.2, 0.25) is 5.02 Å². The van der Waals surface area contributed by atoms with Crippen LogP contribution in [0.5, 0.6) is 0 Å². The maximum atomic E-state index is 12.6. The first-order valence-electron chi connectivity index (χ1n) is 8.31. The third kappa shape index (κ3) is 5.09. The van der Waals surface area contributed by atoms with Gasteiger partial charge in [-0.25, -0.2) is 21.6 Å². The van der Waals surface area contributed by atoms with Crippen molar-refractivity contribution in [2.45, 2.75) is 9.79 Å². The van der Waals surface area contributed by atoms with E-state index in [4.69, 9.17) is 16.7 Å². The van der Waals surface area contributed by atoms with Gasteiger partial charge >= 0.3 is 5.97 Å². The van der Waals surface area contributed by atoms with Gasteiger partial charge in [0, 0.05) is 5.02 Å². The first-order valence-corrected chi connectivity index (χ1v) is 11.7. The van der Waals surface area contributed by atoms with Crippen LogP contribution in [0.4, 0.5) is 11.4 Å². The summed E-state index contributed by atoms with van der Waals surface area (Å²) in [6, 6.07) is 16.0. The Labute approximate surface area is 178 Å². The summed E-state index contributed by atoms with van der Waals surface area (Å²) in [4.78, 5) is 10.6. The van der Waals surface area contributed by atoms with Gasteiger partial charge in [-0.15, -0.1) is 0 Å². The molecule has 0 aromatic heterocycles. The van der Waals surface area contributed by atoms with Crippen LogP contribution in [0.1, 0.15) is 10.4 Å². The highest BCUT2D eigenvalue weighted by Gasteiger charge is 2.18. The van der Waals surface area contributed by atoms with Crippen molar-refractivity contribution in [3.8, 4) is 0 Å². The summed E-state index contributed by atoms with van der Waals surface area (Å²) in [7, 11) is -8.05. The fourth-order valence-electron chi connectivity index (χ4n) is 2.48. The second kappa shape index (κ2) is 8.34. The number of rotatable bonds is 7. The maximum absolute atomic E-state index is 12.6. The minimum atomic E-state index is -4.06. The summed E-state index contributed by atoms with van der Waals surface area (Å²) in [5.74, 6) is -1.18. The highest BCUT2D eigenvalue weighted by molar-refractivity contribution is 7.93. The normalized spacial score (nSPS) is 11.6. The Kier molecular flexibility index (Phi) is 6.01. The molecule has 0 amide bonds. The molecule has 0 heterocycles. The molecule has 0 unspecified atom stereocenters. The number of carbonyl (C=O) groups is 1. The van der Waals surface area contributed by atoms with Gasteiger partial charge in [-0.2, -0.15) is 0 Å². The van der Waals surface area contributed by atoms with Crippen LogP contribution in [0.3, 0.4) is 0 Å². The van der Waals surface area contributed by atoms with E-state index in [9.17, 15) is 21.6 Å². The predicted molar refractivity (Wildman–Crippen MR) is 113 cm³/mol. The highest BCUT2D eigenvalue weighted by atomic mass is 35.5. The van der Waals surface area contributed by atoms with E-state index in [0.29, 0.717) is 5.02 Å². The van der Waals surface area contributed by atoms with Crippen LogP contribution < -0.4 is 9.44 Å². The second-order valence-electron chi connectivity index (χ2n) is 6.08. The number of hydrogen-bond acceptors (Lipinski definition) is 5. The quantitative estimate of drug-likeness (QED) is 0.487. The first-order chi connectivity index (χ1) is 14.1. The van der Waals surface area contributed by atoms with Crippen LogP contribution >= 0.6 is 11.6 Å². The zero-order valence-corrected chi connectivity index (χ0v) is 17.5. The van der Waals surface area contributed by atoms with E-state index in [-0.39, 0.29) is 26.7 Å². The van der Waals surface area contributed by atoms with Gasteiger partial charge in [0.15, 0.2) is 0 Å². The molecule has 3 rings (SSSR count). The van der Waals surface area contributed by atoms with Gasteiger partial charge < -0.3 is 5.11 Å². The zero-order chi connectivity index (χ0) is 21.9. The third-order valence-electron chi connectivity index (χ3n) is 3.88. The average Bonchev–Trinajstić information content (AvgIpc) is 2.67. The second-order valence-corrected chi connectivity index (χ2v) is 9.88. The molecule has 0 atom stereocenters. The summed E-state index contributed by atoms with van der Waals surface area (Å²) < 4.78 is 54.9. The van der Waals surface area contributed by atoms with Gasteiger partial charge in [-0.3, -0.25) is 9.44 Å². The van der Waals surface area contributed by atoms with E-state index in [1.54, 1.807) is 12.1 Å². The first kappa shape index (κ1) is 21.6. The lowest BCUT2D eigenvalue weighted by Gasteiger charge is -2.11. The minimum Gasteiger partial charge on any atom is -0.478 e. The van der Waals surface area contributed by atoms with Crippen LogP contribution in [-0.2, 0) is 20.0 Å². The van der Waals surface area contributed by atoms with Crippen molar-refractivity contribution in [1.82, 2.24) is 0 Å². The predicted octanol–water partition coefficient (Wildman–Crippen LogP) is 3.64. The number of carboxylic acids is 1. The fourth-order valence-corrected chi connectivity index (χ4v) is 4.82. The Balaban J connectivity index is 1.85. The molecule has 8 nitrogen and oxygen atoms in total. The molecule has 0 spiro atoms. The largest absolute Gasteiger partial charge is 0.478 e. The number of benzene rings is 3. The monoisotopic (exact) mass is 466 g/mol. The molecule has 11 heteroatoms. The Morgan fingerprint density at radius 1 is 0.733 bits per heavy atom. The Bertz CT molecular complexity index is 1310. The molecule has 156 valence electrons. The Morgan fingerprint density at radius 2 is 1.27 bits per heavy atom. The van der Waals surface area contributed by atoms with Crippen LogP contribution in [0.15, 0.2) is 82.6 Å². The van der Waals surface area contributed by atoms with Crippen molar-refractivity contribution in [3.05, 3.63) is 83.4 Å². The van der Waals surface area contributed by atoms with E-state index in [2.05, 4.69) is 9.44 Å². The molecule has 0 radical (unpaired) electrons. The summed E-state index contributed by atoms with van der Waals surface area (Å²) in [6.07, 6.45) is 0. The van der Waals surface area contributed by atoms with E-state index >= 15 is 0 Å². The molecule has 30 heavy (non-hydrogen) atoms. The molecule has 0 saturated heterocycles. The number of carboxylic acid groups (broad SMARTS) is 1. The van der Waals surface area contributed by atoms with Crippen LogP contribution in [0.25, 0.3) is 0 Å². The lowest BCUT2D eigenvalue weighted by atomic mass is 10.2. The van der Waals surface area contributed by atoms with Crippen molar-refractivity contribution in [2.24, 2.45) is 0 Å². The highest BCUT2D eigenvalue weighted by Crippen LogP contribution is 2.23. The van der Waals surface area contributed by atoms with Crippen molar-refractivity contribution >= 4 is 49.0 Å². The van der Waals surface area contributed by atoms with Crippen LogP contribution in [-0.4, -0.2) is 27.9 Å². The van der Waals surface area contributed by atoms with Crippen molar-refractivity contribution in [2.75, 3.05) is 9.44 Å². The molecule has 0 aliphatic carbocycles. The van der Waals surface area contributed by atoms with Gasteiger partial charge in [0.1, 0.15) is 0 Å². The van der Waals surface area contributed by atoms with E-state index in [0.717, 1.165) is 30.3 Å². The molecule has 0 aliphatic heterocycles. The number of halogens is 1. The summed E-state index contributed by atoms with van der Waals surface area (Å²) in [6.45, 7) is 0. The maximum Gasteiger partial charge on any atom is 0.335 e. The lowest BCUT2D eigenvalue weighted by molar-refractivity contribution is 0.0696. The third-order valence-corrected chi connectivity index (χ3v) is 6.90. The Hall–Kier alpha value is -3.08. The molecular weight excluding hydrogens is 452 g/mol. The van der Waals surface area contributed by atoms with Gasteiger partial charge in [0.25, 0.3) is 20.0 Å². The standard InChI is InChI=1S/C19H15ClN2O6S2/c20-14-3-1-4-15(11-14)21-30(27,28)18-6-2-5-16(12-18)22-29(25,26)17-9-7-13(8-10-17)19(23)24/h1-12,21-22H,(H,23,24). The smallest absolute Gasteiger partial charge is 0.335 e. The number of aromatic carboxylic acids is 1.